The van der Waals surface area contributed by atoms with Gasteiger partial charge in [0.25, 0.3) is 0 Å². The normalized spacial score (nSPS) is 18.1. The van der Waals surface area contributed by atoms with E-state index in [0.29, 0.717) is 28.7 Å². The number of carbonyl (C=O) groups excluding carboxylic acids is 2. The van der Waals surface area contributed by atoms with Gasteiger partial charge >= 0.3 is 11.8 Å². The Bertz CT molecular complexity index is 543. The minimum atomic E-state index is -0.719. The van der Waals surface area contributed by atoms with E-state index < -0.39 is 11.8 Å². The maximum atomic E-state index is 12.3. The molecule has 1 aliphatic heterocycles. The van der Waals surface area contributed by atoms with Gasteiger partial charge in [-0.1, -0.05) is 23.2 Å². The van der Waals surface area contributed by atoms with Gasteiger partial charge in [0.05, 0.1) is 0 Å². The molecule has 0 aliphatic carbocycles. The Morgan fingerprint density at radius 1 is 1.23 bits per heavy atom. The van der Waals surface area contributed by atoms with Gasteiger partial charge in [-0.25, -0.2) is 0 Å². The van der Waals surface area contributed by atoms with E-state index in [2.05, 4.69) is 5.32 Å². The Morgan fingerprint density at radius 3 is 2.55 bits per heavy atom. The lowest BCUT2D eigenvalue weighted by atomic mass is 9.99. The zero-order valence-electron chi connectivity index (χ0n) is 12.0. The highest BCUT2D eigenvalue weighted by Gasteiger charge is 2.30. The second-order valence-electron chi connectivity index (χ2n) is 5.27. The van der Waals surface area contributed by atoms with Gasteiger partial charge in [0.15, 0.2) is 0 Å². The van der Waals surface area contributed by atoms with Crippen LogP contribution in [0.2, 0.25) is 10.0 Å². The first kappa shape index (κ1) is 17.1. The molecule has 1 fully saturated rings. The lowest BCUT2D eigenvalue weighted by Crippen LogP contribution is -2.48. The average molecular weight is 345 g/mol. The standard InChI is InChI=1S/C15H18Cl2N2O3/c16-10-7-11(17)9-12(8-10)18-14(21)15(22)19-5-2-1-3-13(19)4-6-20/h7-9,13,20H,1-6H2,(H,18,21). The summed E-state index contributed by atoms with van der Waals surface area (Å²) in [6, 6.07) is 4.52. The summed E-state index contributed by atoms with van der Waals surface area (Å²) in [5.74, 6) is -1.31. The van der Waals surface area contributed by atoms with Crippen molar-refractivity contribution in [3.8, 4) is 0 Å². The largest absolute Gasteiger partial charge is 0.396 e. The second-order valence-corrected chi connectivity index (χ2v) is 6.15. The van der Waals surface area contributed by atoms with E-state index in [0.717, 1.165) is 19.3 Å². The van der Waals surface area contributed by atoms with Crippen LogP contribution in [0.5, 0.6) is 0 Å². The highest BCUT2D eigenvalue weighted by Crippen LogP contribution is 2.23. The Kier molecular flexibility index (Phi) is 6.06. The van der Waals surface area contributed by atoms with Gasteiger partial charge in [0.2, 0.25) is 0 Å². The molecule has 1 unspecified atom stereocenters. The summed E-state index contributed by atoms with van der Waals surface area (Å²) in [5, 5.41) is 12.4. The molecule has 2 N–H and O–H groups in total. The van der Waals surface area contributed by atoms with Crippen LogP contribution < -0.4 is 5.32 Å². The van der Waals surface area contributed by atoms with E-state index in [9.17, 15) is 9.59 Å². The van der Waals surface area contributed by atoms with Crippen molar-refractivity contribution in [1.29, 1.82) is 0 Å². The van der Waals surface area contributed by atoms with Crippen LogP contribution in [-0.4, -0.2) is 41.0 Å². The summed E-state index contributed by atoms with van der Waals surface area (Å²) in [4.78, 5) is 26.0. The van der Waals surface area contributed by atoms with E-state index in [1.165, 1.54) is 12.1 Å². The fraction of sp³-hybridized carbons (Fsp3) is 0.467. The van der Waals surface area contributed by atoms with Crippen LogP contribution in [0.3, 0.4) is 0 Å². The van der Waals surface area contributed by atoms with E-state index in [1.54, 1.807) is 11.0 Å². The maximum absolute atomic E-state index is 12.3. The molecule has 0 aromatic heterocycles. The van der Waals surface area contributed by atoms with Gasteiger partial charge in [-0.15, -0.1) is 0 Å². The highest BCUT2D eigenvalue weighted by molar-refractivity contribution is 6.40. The molecule has 0 spiro atoms. The predicted octanol–water partition coefficient (Wildman–Crippen LogP) is 2.70. The van der Waals surface area contributed by atoms with E-state index in [-0.39, 0.29) is 12.6 Å². The number of hydrogen-bond donors (Lipinski definition) is 2. The molecule has 0 saturated carbocycles. The van der Waals surface area contributed by atoms with Crippen LogP contribution in [0.1, 0.15) is 25.7 Å². The van der Waals surface area contributed by atoms with E-state index >= 15 is 0 Å². The molecule has 1 aromatic rings. The molecular weight excluding hydrogens is 327 g/mol. The highest BCUT2D eigenvalue weighted by atomic mass is 35.5. The summed E-state index contributed by atoms with van der Waals surface area (Å²) in [6.07, 6.45) is 3.16. The summed E-state index contributed by atoms with van der Waals surface area (Å²) >= 11 is 11.7. The number of piperidine rings is 1. The topological polar surface area (TPSA) is 69.6 Å². The Morgan fingerprint density at radius 2 is 1.91 bits per heavy atom. The molecule has 1 saturated heterocycles. The summed E-state index contributed by atoms with van der Waals surface area (Å²) < 4.78 is 0. The number of nitrogens with one attached hydrogen (secondary N) is 1. The fourth-order valence-electron chi connectivity index (χ4n) is 2.66. The third-order valence-corrected chi connectivity index (χ3v) is 4.10. The summed E-state index contributed by atoms with van der Waals surface area (Å²) in [6.45, 7) is 0.535. The average Bonchev–Trinajstić information content (AvgIpc) is 2.46. The third kappa shape index (κ3) is 4.35. The summed E-state index contributed by atoms with van der Waals surface area (Å²) in [5.41, 5.74) is 0.381. The SMILES string of the molecule is O=C(Nc1cc(Cl)cc(Cl)c1)C(=O)N1CCCCC1CCO. The molecule has 2 rings (SSSR count). The summed E-state index contributed by atoms with van der Waals surface area (Å²) in [7, 11) is 0. The lowest BCUT2D eigenvalue weighted by Gasteiger charge is -2.35. The van der Waals surface area contributed by atoms with Crippen LogP contribution >= 0.6 is 23.2 Å². The number of aliphatic hydroxyl groups excluding tert-OH is 1. The Hall–Kier alpha value is -1.30. The number of nitrogens with zero attached hydrogens (tertiary/aromatic N) is 1. The Balaban J connectivity index is 2.05. The van der Waals surface area contributed by atoms with Crippen molar-refractivity contribution in [2.75, 3.05) is 18.5 Å². The Labute approximate surface area is 139 Å². The zero-order valence-corrected chi connectivity index (χ0v) is 13.5. The molecular formula is C15H18Cl2N2O3. The van der Waals surface area contributed by atoms with Crippen molar-refractivity contribution in [3.63, 3.8) is 0 Å². The van der Waals surface area contributed by atoms with E-state index in [1.807, 2.05) is 0 Å². The molecule has 2 amide bonds. The van der Waals surface area contributed by atoms with Gasteiger partial charge in [-0.05, 0) is 43.9 Å². The van der Waals surface area contributed by atoms with Crippen molar-refractivity contribution in [1.82, 2.24) is 4.90 Å². The molecule has 1 heterocycles. The smallest absolute Gasteiger partial charge is 0.313 e. The van der Waals surface area contributed by atoms with Gasteiger partial charge < -0.3 is 15.3 Å². The third-order valence-electron chi connectivity index (χ3n) is 3.66. The monoisotopic (exact) mass is 344 g/mol. The van der Waals surface area contributed by atoms with Crippen LogP contribution in [0.15, 0.2) is 18.2 Å². The number of benzene rings is 1. The van der Waals surface area contributed by atoms with Crippen LogP contribution in [0.4, 0.5) is 5.69 Å². The molecule has 22 heavy (non-hydrogen) atoms. The first-order chi connectivity index (χ1) is 10.5. The van der Waals surface area contributed by atoms with Crippen molar-refractivity contribution in [3.05, 3.63) is 28.2 Å². The van der Waals surface area contributed by atoms with Crippen molar-refractivity contribution in [2.24, 2.45) is 0 Å². The molecule has 5 nitrogen and oxygen atoms in total. The number of anilines is 1. The second kappa shape index (κ2) is 7.81. The number of amides is 2. The van der Waals surface area contributed by atoms with Crippen molar-refractivity contribution < 1.29 is 14.7 Å². The van der Waals surface area contributed by atoms with Crippen LogP contribution in [-0.2, 0) is 9.59 Å². The van der Waals surface area contributed by atoms with Gasteiger partial charge in [-0.3, -0.25) is 9.59 Å². The quantitative estimate of drug-likeness (QED) is 0.828. The number of likely N-dealkylation sites (tertiary alicyclic amines) is 1. The van der Waals surface area contributed by atoms with E-state index in [4.69, 9.17) is 28.3 Å². The number of halogens is 2. The minimum absolute atomic E-state index is 0.0000329. The molecule has 0 radical (unpaired) electrons. The molecule has 1 aromatic carbocycles. The first-order valence-corrected chi connectivity index (χ1v) is 7.95. The predicted molar refractivity (Wildman–Crippen MR) is 86.1 cm³/mol. The molecule has 120 valence electrons. The molecule has 1 aliphatic rings. The number of hydrogen-bond acceptors (Lipinski definition) is 3. The van der Waals surface area contributed by atoms with Gasteiger partial charge in [0, 0.05) is 34.9 Å². The van der Waals surface area contributed by atoms with Crippen LogP contribution in [0, 0.1) is 0 Å². The molecule has 0 bridgehead atoms. The number of aliphatic hydroxyl groups is 1. The zero-order chi connectivity index (χ0) is 16.1. The fourth-order valence-corrected chi connectivity index (χ4v) is 3.18. The molecule has 7 heteroatoms. The maximum Gasteiger partial charge on any atom is 0.313 e. The number of rotatable bonds is 3. The molecule has 1 atom stereocenters. The number of carbonyl (C=O) groups is 2. The van der Waals surface area contributed by atoms with Gasteiger partial charge in [-0.2, -0.15) is 0 Å². The minimum Gasteiger partial charge on any atom is -0.396 e. The van der Waals surface area contributed by atoms with Crippen LogP contribution in [0.25, 0.3) is 0 Å². The first-order valence-electron chi connectivity index (χ1n) is 7.20. The van der Waals surface area contributed by atoms with Crippen molar-refractivity contribution >= 4 is 40.7 Å². The van der Waals surface area contributed by atoms with Crippen molar-refractivity contribution in [2.45, 2.75) is 31.7 Å². The van der Waals surface area contributed by atoms with Gasteiger partial charge in [0.1, 0.15) is 0 Å². The lowest BCUT2D eigenvalue weighted by molar-refractivity contribution is -0.146.